The van der Waals surface area contributed by atoms with Gasteiger partial charge < -0.3 is 14.9 Å². The number of likely N-dealkylation sites (tertiary alicyclic amines) is 1. The molecule has 4 rings (SSSR count). The smallest absolute Gasteiger partial charge is 0.308 e. The number of aromatic nitrogens is 1. The summed E-state index contributed by atoms with van der Waals surface area (Å²) in [5, 5.41) is 21.7. The van der Waals surface area contributed by atoms with Gasteiger partial charge in [0.2, 0.25) is 0 Å². The minimum Gasteiger partial charge on any atom is -0.497 e. The summed E-state index contributed by atoms with van der Waals surface area (Å²) >= 11 is 7.37. The Balaban J connectivity index is 1.38. The van der Waals surface area contributed by atoms with E-state index in [1.54, 1.807) is 13.3 Å². The average molecular weight is 499 g/mol. The number of nitrogens with zero attached hydrogens (tertiary/aromatic N) is 2. The highest BCUT2D eigenvalue weighted by molar-refractivity contribution is 7.16. The van der Waals surface area contributed by atoms with Crippen LogP contribution in [0.1, 0.15) is 35.8 Å². The zero-order chi connectivity index (χ0) is 24.1. The SMILES string of the molecule is COc1ccc2nccc([C@@H](O)CC[C@@H]3CCN(CC#Cc4ccc(Cl)s4)C[C@@H]3C(=O)O)c2c1. The van der Waals surface area contributed by atoms with Crippen LogP contribution in [0, 0.1) is 23.7 Å². The number of aliphatic carboxylic acids is 1. The maximum atomic E-state index is 12.0. The monoisotopic (exact) mass is 498 g/mol. The standard InChI is InChI=1S/C26H27ClN2O4S/c1-33-18-5-7-23-21(15-18)20(10-12-28-23)24(30)8-4-17-11-14-29(16-22(17)26(31)32)13-2-3-19-6-9-25(27)34-19/h5-7,9-10,12,15,17,22,24,30H,4,8,11,13-14,16H2,1H3,(H,31,32)/t17-,22+,24+/m1/s1. The lowest BCUT2D eigenvalue weighted by atomic mass is 9.81. The lowest BCUT2D eigenvalue weighted by Crippen LogP contribution is -2.44. The van der Waals surface area contributed by atoms with E-state index in [4.69, 9.17) is 16.3 Å². The molecule has 1 fully saturated rings. The van der Waals surface area contributed by atoms with Gasteiger partial charge in [0.1, 0.15) is 5.75 Å². The molecule has 1 saturated heterocycles. The number of hydrogen-bond acceptors (Lipinski definition) is 6. The molecule has 34 heavy (non-hydrogen) atoms. The maximum Gasteiger partial charge on any atom is 0.308 e. The number of carboxylic acid groups (broad SMARTS) is 1. The van der Waals surface area contributed by atoms with Crippen molar-refractivity contribution in [1.29, 1.82) is 0 Å². The van der Waals surface area contributed by atoms with Crippen molar-refractivity contribution in [3.05, 3.63) is 57.4 Å². The Hall–Kier alpha value is -2.63. The lowest BCUT2D eigenvalue weighted by Gasteiger charge is -2.36. The van der Waals surface area contributed by atoms with Gasteiger partial charge in [-0.2, -0.15) is 0 Å². The van der Waals surface area contributed by atoms with Crippen molar-refractivity contribution in [2.45, 2.75) is 25.4 Å². The number of pyridine rings is 1. The number of ether oxygens (including phenoxy) is 1. The molecule has 3 heterocycles. The Morgan fingerprint density at radius 2 is 2.21 bits per heavy atom. The fourth-order valence-corrected chi connectivity index (χ4v) is 5.47. The fraction of sp³-hybridized carbons (Fsp3) is 0.385. The Morgan fingerprint density at radius 1 is 1.35 bits per heavy atom. The van der Waals surface area contributed by atoms with E-state index in [-0.39, 0.29) is 5.92 Å². The normalized spacial score (nSPS) is 19.4. The van der Waals surface area contributed by atoms with Crippen LogP contribution in [0.5, 0.6) is 5.75 Å². The first-order valence-corrected chi connectivity index (χ1v) is 12.4. The number of benzene rings is 1. The largest absolute Gasteiger partial charge is 0.497 e. The molecule has 2 N–H and O–H groups in total. The van der Waals surface area contributed by atoms with Crippen LogP contribution in [0.2, 0.25) is 4.34 Å². The van der Waals surface area contributed by atoms with E-state index in [1.807, 2.05) is 36.4 Å². The quantitative estimate of drug-likeness (QED) is 0.453. The van der Waals surface area contributed by atoms with Crippen LogP contribution < -0.4 is 4.74 Å². The van der Waals surface area contributed by atoms with Gasteiger partial charge in [-0.15, -0.1) is 11.3 Å². The predicted molar refractivity (Wildman–Crippen MR) is 134 cm³/mol. The van der Waals surface area contributed by atoms with Crippen molar-refractivity contribution >= 4 is 39.8 Å². The van der Waals surface area contributed by atoms with Gasteiger partial charge in [0.05, 0.1) is 40.4 Å². The van der Waals surface area contributed by atoms with Crippen molar-refractivity contribution in [3.63, 3.8) is 0 Å². The molecular weight excluding hydrogens is 472 g/mol. The highest BCUT2D eigenvalue weighted by Gasteiger charge is 2.34. The Labute approximate surface area is 208 Å². The van der Waals surface area contributed by atoms with Crippen molar-refractivity contribution in [2.75, 3.05) is 26.7 Å². The molecule has 8 heteroatoms. The number of carboxylic acids is 1. The number of carbonyl (C=O) groups is 1. The first-order valence-electron chi connectivity index (χ1n) is 11.2. The number of aliphatic hydroxyl groups excluding tert-OH is 1. The van der Waals surface area contributed by atoms with E-state index < -0.39 is 18.0 Å². The van der Waals surface area contributed by atoms with Crippen molar-refractivity contribution in [2.24, 2.45) is 11.8 Å². The van der Waals surface area contributed by atoms with Crippen LogP contribution in [0.4, 0.5) is 0 Å². The van der Waals surface area contributed by atoms with Gasteiger partial charge in [0, 0.05) is 18.1 Å². The van der Waals surface area contributed by atoms with Crippen molar-refractivity contribution in [3.8, 4) is 17.6 Å². The first kappa shape index (κ1) is 24.5. The van der Waals surface area contributed by atoms with Gasteiger partial charge in [-0.1, -0.05) is 23.4 Å². The van der Waals surface area contributed by atoms with E-state index in [0.29, 0.717) is 36.0 Å². The molecule has 0 radical (unpaired) electrons. The van der Waals surface area contributed by atoms with Gasteiger partial charge in [-0.25, -0.2) is 0 Å². The summed E-state index contributed by atoms with van der Waals surface area (Å²) in [6.45, 7) is 1.78. The number of piperidine rings is 1. The molecule has 1 aliphatic heterocycles. The maximum absolute atomic E-state index is 12.0. The van der Waals surface area contributed by atoms with Crippen LogP contribution in [-0.4, -0.2) is 52.8 Å². The average Bonchev–Trinajstić information content (AvgIpc) is 3.26. The lowest BCUT2D eigenvalue weighted by molar-refractivity contribution is -0.146. The van der Waals surface area contributed by atoms with Crippen LogP contribution in [0.25, 0.3) is 10.9 Å². The Bertz CT molecular complexity index is 1220. The van der Waals surface area contributed by atoms with Crippen LogP contribution in [0.3, 0.4) is 0 Å². The molecule has 6 nitrogen and oxygen atoms in total. The molecule has 0 amide bonds. The molecule has 0 unspecified atom stereocenters. The van der Waals surface area contributed by atoms with Crippen LogP contribution in [-0.2, 0) is 4.79 Å². The highest BCUT2D eigenvalue weighted by atomic mass is 35.5. The third-order valence-electron chi connectivity index (χ3n) is 6.40. The molecule has 1 aliphatic rings. The number of rotatable bonds is 7. The number of aliphatic hydroxyl groups is 1. The number of halogens is 1. The molecule has 178 valence electrons. The topological polar surface area (TPSA) is 82.9 Å². The van der Waals surface area contributed by atoms with Gasteiger partial charge in [-0.3, -0.25) is 14.7 Å². The second-order valence-electron chi connectivity index (χ2n) is 8.51. The minimum atomic E-state index is -0.790. The molecule has 0 spiro atoms. The summed E-state index contributed by atoms with van der Waals surface area (Å²) in [5.41, 5.74) is 1.58. The fourth-order valence-electron chi connectivity index (χ4n) is 4.55. The van der Waals surface area contributed by atoms with E-state index in [1.165, 1.54) is 11.3 Å². The summed E-state index contributed by atoms with van der Waals surface area (Å²) in [6, 6.07) is 11.1. The molecule has 3 aromatic rings. The van der Waals surface area contributed by atoms with Crippen molar-refractivity contribution < 1.29 is 19.7 Å². The number of fused-ring (bicyclic) bond motifs is 1. The van der Waals surface area contributed by atoms with Gasteiger partial charge in [0.15, 0.2) is 0 Å². The number of thiophene rings is 1. The number of methoxy groups -OCH3 is 1. The van der Waals surface area contributed by atoms with E-state index >= 15 is 0 Å². The Morgan fingerprint density at radius 3 is 2.94 bits per heavy atom. The summed E-state index contributed by atoms with van der Waals surface area (Å²) < 4.78 is 6.03. The summed E-state index contributed by atoms with van der Waals surface area (Å²) in [7, 11) is 1.61. The summed E-state index contributed by atoms with van der Waals surface area (Å²) in [6.07, 6.45) is 2.88. The van der Waals surface area contributed by atoms with E-state index in [0.717, 1.165) is 34.3 Å². The molecular formula is C26H27ClN2O4S. The van der Waals surface area contributed by atoms with Crippen molar-refractivity contribution in [1.82, 2.24) is 9.88 Å². The minimum absolute atomic E-state index is 0.00935. The highest BCUT2D eigenvalue weighted by Crippen LogP contribution is 2.33. The molecule has 0 bridgehead atoms. The Kier molecular flexibility index (Phi) is 8.07. The van der Waals surface area contributed by atoms with Crippen LogP contribution in [0.15, 0.2) is 42.6 Å². The summed E-state index contributed by atoms with van der Waals surface area (Å²) in [4.78, 5) is 19.4. The van der Waals surface area contributed by atoms with Gasteiger partial charge in [0.25, 0.3) is 0 Å². The second-order valence-corrected chi connectivity index (χ2v) is 10.2. The van der Waals surface area contributed by atoms with Gasteiger partial charge >= 0.3 is 5.97 Å². The molecule has 3 atom stereocenters. The van der Waals surface area contributed by atoms with E-state index in [2.05, 4.69) is 21.7 Å². The molecule has 1 aromatic carbocycles. The second kappa shape index (κ2) is 11.2. The third-order valence-corrected chi connectivity index (χ3v) is 7.54. The molecule has 0 saturated carbocycles. The molecule has 2 aromatic heterocycles. The molecule has 0 aliphatic carbocycles. The van der Waals surface area contributed by atoms with Gasteiger partial charge in [-0.05, 0) is 73.7 Å². The predicted octanol–water partition coefficient (Wildman–Crippen LogP) is 4.85. The summed E-state index contributed by atoms with van der Waals surface area (Å²) in [5.74, 6) is 5.68. The zero-order valence-corrected chi connectivity index (χ0v) is 20.5. The zero-order valence-electron chi connectivity index (χ0n) is 18.9. The van der Waals surface area contributed by atoms with E-state index in [9.17, 15) is 15.0 Å². The number of hydrogen-bond donors (Lipinski definition) is 2. The third kappa shape index (κ3) is 5.89. The van der Waals surface area contributed by atoms with Crippen LogP contribution >= 0.6 is 22.9 Å². The first-order chi connectivity index (χ1) is 16.4.